The molecule has 0 aliphatic heterocycles. The van der Waals surface area contributed by atoms with Crippen LogP contribution in [0.25, 0.3) is 0 Å². The first-order valence-electron chi connectivity index (χ1n) is 8.37. The molecule has 0 atom stereocenters. The molecule has 0 aliphatic carbocycles. The first kappa shape index (κ1) is 20.2. The van der Waals surface area contributed by atoms with Crippen molar-refractivity contribution in [3.05, 3.63) is 43.6 Å². The number of carbonyl (C=O) groups excluding carboxylic acids is 1. The van der Waals surface area contributed by atoms with E-state index in [9.17, 15) is 4.79 Å². The van der Waals surface area contributed by atoms with Gasteiger partial charge in [-0.05, 0) is 78.7 Å². The summed E-state index contributed by atoms with van der Waals surface area (Å²) >= 11 is 6.92. The smallest absolute Gasteiger partial charge is 0.284 e. The van der Waals surface area contributed by atoms with Gasteiger partial charge in [-0.25, -0.2) is 4.68 Å². The summed E-state index contributed by atoms with van der Waals surface area (Å²) in [5.41, 5.74) is 3.97. The third-order valence-electron chi connectivity index (χ3n) is 4.18. The number of aryl methyl sites for hydroxylation is 2. The van der Waals surface area contributed by atoms with E-state index in [2.05, 4.69) is 50.8 Å². The van der Waals surface area contributed by atoms with Gasteiger partial charge in [0, 0.05) is 10.2 Å². The third-order valence-corrected chi connectivity index (χ3v) is 5.23. The summed E-state index contributed by atoms with van der Waals surface area (Å²) in [6.45, 7) is 10.2. The third kappa shape index (κ3) is 4.94. The van der Waals surface area contributed by atoms with Crippen LogP contribution in [0.2, 0.25) is 0 Å². The summed E-state index contributed by atoms with van der Waals surface area (Å²) in [5, 5.41) is 4.43. The van der Waals surface area contributed by atoms with Gasteiger partial charge in [0.25, 0.3) is 5.91 Å². The molecule has 0 saturated carbocycles. The number of carbonyl (C=O) groups is 1. The number of halogens is 2. The Kier molecular flexibility index (Phi) is 6.86. The number of benzene rings is 1. The fourth-order valence-corrected chi connectivity index (χ4v) is 4.33. The standard InChI is InChI=1S/C19H24Br2N2O2/c1-11(2)6-7-16-13(4)22-23(14(16)5)18(24)10-25-19-12(3)8-15(20)9-17(19)21/h8-9,11H,6-7,10H2,1-5H3. The maximum Gasteiger partial charge on any atom is 0.284 e. The van der Waals surface area contributed by atoms with Crippen LogP contribution in [0.15, 0.2) is 21.1 Å². The second-order valence-electron chi connectivity index (χ2n) is 6.71. The van der Waals surface area contributed by atoms with Gasteiger partial charge in [0.2, 0.25) is 0 Å². The highest BCUT2D eigenvalue weighted by molar-refractivity contribution is 9.11. The van der Waals surface area contributed by atoms with E-state index in [1.807, 2.05) is 32.9 Å². The molecule has 4 nitrogen and oxygen atoms in total. The van der Waals surface area contributed by atoms with Crippen molar-refractivity contribution in [2.45, 2.75) is 47.5 Å². The molecule has 0 amide bonds. The maximum absolute atomic E-state index is 12.6. The van der Waals surface area contributed by atoms with Gasteiger partial charge < -0.3 is 4.74 Å². The van der Waals surface area contributed by atoms with E-state index < -0.39 is 0 Å². The molecule has 0 fully saturated rings. The van der Waals surface area contributed by atoms with Gasteiger partial charge in [-0.2, -0.15) is 5.10 Å². The van der Waals surface area contributed by atoms with Crippen LogP contribution in [-0.4, -0.2) is 22.3 Å². The Labute approximate surface area is 166 Å². The molecule has 25 heavy (non-hydrogen) atoms. The average molecular weight is 472 g/mol. The van der Waals surface area contributed by atoms with E-state index in [1.54, 1.807) is 0 Å². The Morgan fingerprint density at radius 3 is 2.52 bits per heavy atom. The van der Waals surface area contributed by atoms with Crippen molar-refractivity contribution in [3.63, 3.8) is 0 Å². The SMILES string of the molecule is Cc1cc(Br)cc(Br)c1OCC(=O)n1nc(C)c(CCC(C)C)c1C. The van der Waals surface area contributed by atoms with Crippen molar-refractivity contribution < 1.29 is 9.53 Å². The largest absolute Gasteiger partial charge is 0.482 e. The van der Waals surface area contributed by atoms with Gasteiger partial charge in [0.1, 0.15) is 5.75 Å². The topological polar surface area (TPSA) is 44.1 Å². The molecule has 1 aromatic heterocycles. The number of nitrogens with zero attached hydrogens (tertiary/aromatic N) is 2. The van der Waals surface area contributed by atoms with Crippen molar-refractivity contribution in [1.82, 2.24) is 9.78 Å². The summed E-state index contributed by atoms with van der Waals surface area (Å²) in [4.78, 5) is 12.6. The lowest BCUT2D eigenvalue weighted by Crippen LogP contribution is -2.22. The molecule has 2 rings (SSSR count). The molecular formula is C19H24Br2N2O2. The fraction of sp³-hybridized carbons (Fsp3) is 0.474. The summed E-state index contributed by atoms with van der Waals surface area (Å²) in [7, 11) is 0. The highest BCUT2D eigenvalue weighted by atomic mass is 79.9. The highest BCUT2D eigenvalue weighted by Crippen LogP contribution is 2.32. The van der Waals surface area contributed by atoms with Crippen LogP contribution >= 0.6 is 31.9 Å². The second kappa shape index (κ2) is 8.49. The number of aromatic nitrogens is 2. The number of rotatable bonds is 6. The zero-order valence-corrected chi connectivity index (χ0v) is 18.5. The molecule has 0 bridgehead atoms. The van der Waals surface area contributed by atoms with E-state index in [0.717, 1.165) is 38.7 Å². The van der Waals surface area contributed by atoms with Crippen molar-refractivity contribution in [3.8, 4) is 5.75 Å². The van der Waals surface area contributed by atoms with Gasteiger partial charge in [-0.15, -0.1) is 0 Å². The van der Waals surface area contributed by atoms with E-state index in [4.69, 9.17) is 4.74 Å². The number of ether oxygens (including phenoxy) is 1. The lowest BCUT2D eigenvalue weighted by molar-refractivity contribution is 0.0817. The molecular weight excluding hydrogens is 448 g/mol. The molecule has 136 valence electrons. The van der Waals surface area contributed by atoms with E-state index >= 15 is 0 Å². The molecule has 0 N–H and O–H groups in total. The lowest BCUT2D eigenvalue weighted by Gasteiger charge is -2.12. The van der Waals surface area contributed by atoms with Crippen LogP contribution < -0.4 is 4.74 Å². The zero-order valence-electron chi connectivity index (χ0n) is 15.3. The van der Waals surface area contributed by atoms with Crippen molar-refractivity contribution in [2.24, 2.45) is 5.92 Å². The molecule has 0 aliphatic rings. The van der Waals surface area contributed by atoms with Gasteiger partial charge in [0.05, 0.1) is 10.2 Å². The Hall–Kier alpha value is -1.14. The molecule has 0 radical (unpaired) electrons. The van der Waals surface area contributed by atoms with Crippen LogP contribution in [0.1, 0.15) is 47.6 Å². The minimum Gasteiger partial charge on any atom is -0.482 e. The van der Waals surface area contributed by atoms with Crippen molar-refractivity contribution in [1.29, 1.82) is 0 Å². The quantitative estimate of drug-likeness (QED) is 0.547. The van der Waals surface area contributed by atoms with Crippen LogP contribution in [0.4, 0.5) is 0 Å². The predicted molar refractivity (Wildman–Crippen MR) is 108 cm³/mol. The van der Waals surface area contributed by atoms with Crippen molar-refractivity contribution >= 4 is 37.8 Å². The van der Waals surface area contributed by atoms with E-state index in [1.165, 1.54) is 10.2 Å². The van der Waals surface area contributed by atoms with E-state index in [-0.39, 0.29) is 12.5 Å². The van der Waals surface area contributed by atoms with Crippen LogP contribution in [-0.2, 0) is 6.42 Å². The molecule has 0 spiro atoms. The molecule has 1 heterocycles. The first-order chi connectivity index (χ1) is 11.7. The van der Waals surface area contributed by atoms with Gasteiger partial charge in [-0.3, -0.25) is 4.79 Å². The maximum atomic E-state index is 12.6. The minimum absolute atomic E-state index is 0.0490. The molecule has 0 unspecified atom stereocenters. The molecule has 2 aromatic rings. The first-order valence-corrected chi connectivity index (χ1v) is 9.96. The van der Waals surface area contributed by atoms with Crippen molar-refractivity contribution in [2.75, 3.05) is 6.61 Å². The lowest BCUT2D eigenvalue weighted by atomic mass is 10.0. The number of hydrogen-bond donors (Lipinski definition) is 0. The number of hydrogen-bond acceptors (Lipinski definition) is 3. The van der Waals surface area contributed by atoms with Gasteiger partial charge in [0.15, 0.2) is 6.61 Å². The fourth-order valence-electron chi connectivity index (χ4n) is 2.78. The van der Waals surface area contributed by atoms with Gasteiger partial charge in [-0.1, -0.05) is 29.8 Å². The Balaban J connectivity index is 2.13. The van der Waals surface area contributed by atoms with Gasteiger partial charge >= 0.3 is 0 Å². The summed E-state index contributed by atoms with van der Waals surface area (Å²) in [6, 6.07) is 3.86. The summed E-state index contributed by atoms with van der Waals surface area (Å²) in [6.07, 6.45) is 2.03. The van der Waals surface area contributed by atoms with Crippen LogP contribution in [0.3, 0.4) is 0 Å². The highest BCUT2D eigenvalue weighted by Gasteiger charge is 2.18. The van der Waals surface area contributed by atoms with Crippen LogP contribution in [0, 0.1) is 26.7 Å². The molecule has 1 aromatic carbocycles. The Bertz CT molecular complexity index is 759. The summed E-state index contributed by atoms with van der Waals surface area (Å²) < 4.78 is 9.02. The van der Waals surface area contributed by atoms with Crippen LogP contribution in [0.5, 0.6) is 5.75 Å². The Morgan fingerprint density at radius 1 is 1.24 bits per heavy atom. The second-order valence-corrected chi connectivity index (χ2v) is 8.48. The normalized spacial score (nSPS) is 11.2. The average Bonchev–Trinajstić information content (AvgIpc) is 2.78. The molecule has 6 heteroatoms. The zero-order chi connectivity index (χ0) is 18.7. The van der Waals surface area contributed by atoms with E-state index in [0.29, 0.717) is 11.7 Å². The predicted octanol–water partition coefficient (Wildman–Crippen LogP) is 5.64. The molecule has 0 saturated heterocycles. The monoisotopic (exact) mass is 470 g/mol. The minimum atomic E-state index is -0.161. The summed E-state index contributed by atoms with van der Waals surface area (Å²) in [5.74, 6) is 1.14. The Morgan fingerprint density at radius 2 is 1.92 bits per heavy atom.